The molecule has 2 N–H and O–H groups in total. The van der Waals surface area contributed by atoms with E-state index in [1.165, 1.54) is 12.2 Å². The van der Waals surface area contributed by atoms with Crippen molar-refractivity contribution in [3.05, 3.63) is 24.3 Å². The zero-order valence-electron chi connectivity index (χ0n) is 11.6. The molecule has 0 saturated carbocycles. The van der Waals surface area contributed by atoms with Gasteiger partial charge in [0.05, 0.1) is 0 Å². The first-order valence-electron chi connectivity index (χ1n) is 5.82. The average Bonchev–Trinajstić information content (AvgIpc) is 2.24. The summed E-state index contributed by atoms with van der Waals surface area (Å²) in [6.07, 6.45) is 6.07. The smallest absolute Gasteiger partial charge is 0.331 e. The van der Waals surface area contributed by atoms with Gasteiger partial charge in [-0.25, -0.2) is 9.59 Å². The van der Waals surface area contributed by atoms with Crippen molar-refractivity contribution < 1.29 is 19.1 Å². The number of imide groups is 1. The molecule has 6 nitrogen and oxygen atoms in total. The maximum Gasteiger partial charge on any atom is 0.331 e. The lowest BCUT2D eigenvalue weighted by Crippen LogP contribution is -2.49. The fraction of sp³-hybridized carbons (Fsp3) is 0.462. The summed E-state index contributed by atoms with van der Waals surface area (Å²) in [5.74, 6) is -1.33. The lowest BCUT2D eigenvalue weighted by atomic mass is 10.1. The second-order valence-corrected chi connectivity index (χ2v) is 4.74. The molecule has 0 spiro atoms. The summed E-state index contributed by atoms with van der Waals surface area (Å²) in [5, 5.41) is 4.60. The quantitative estimate of drug-likeness (QED) is 0.457. The van der Waals surface area contributed by atoms with Gasteiger partial charge in [0.2, 0.25) is 0 Å². The van der Waals surface area contributed by atoms with E-state index in [9.17, 15) is 14.4 Å². The number of urea groups is 1. The number of rotatable bonds is 4. The van der Waals surface area contributed by atoms with Gasteiger partial charge < -0.3 is 10.1 Å². The van der Waals surface area contributed by atoms with E-state index in [-0.39, 0.29) is 0 Å². The summed E-state index contributed by atoms with van der Waals surface area (Å²) in [5.41, 5.74) is -0.448. The second kappa shape index (κ2) is 8.07. The van der Waals surface area contributed by atoms with Crippen LogP contribution < -0.4 is 10.6 Å². The third-order valence-electron chi connectivity index (χ3n) is 1.62. The van der Waals surface area contributed by atoms with Gasteiger partial charge in [0.25, 0.3) is 5.91 Å². The zero-order chi connectivity index (χ0) is 14.9. The van der Waals surface area contributed by atoms with Crippen LogP contribution in [0.25, 0.3) is 0 Å². The predicted octanol–water partition coefficient (Wildman–Crippen LogP) is 1.29. The Kier molecular flexibility index (Phi) is 7.18. The molecule has 0 aromatic heterocycles. The van der Waals surface area contributed by atoms with Crippen LogP contribution >= 0.6 is 0 Å². The monoisotopic (exact) mass is 268 g/mol. The third kappa shape index (κ3) is 10.7. The van der Waals surface area contributed by atoms with Gasteiger partial charge in [0.15, 0.2) is 6.61 Å². The third-order valence-corrected chi connectivity index (χ3v) is 1.62. The SMILES string of the molecule is C/C=C/C=C/C(=O)OCC(=O)NC(=O)NC(C)(C)C. The highest BCUT2D eigenvalue weighted by Crippen LogP contribution is 1.97. The molecule has 0 aliphatic carbocycles. The van der Waals surface area contributed by atoms with Crippen LogP contribution in [0.15, 0.2) is 24.3 Å². The zero-order valence-corrected chi connectivity index (χ0v) is 11.6. The minimum absolute atomic E-state index is 0.448. The van der Waals surface area contributed by atoms with Crippen LogP contribution in [-0.4, -0.2) is 30.1 Å². The standard InChI is InChI=1S/C13H20N2O4/c1-5-6-7-8-11(17)19-9-10(16)14-12(18)15-13(2,3)4/h5-8H,9H2,1-4H3,(H2,14,15,16,18)/b6-5+,8-7+. The number of hydrogen-bond acceptors (Lipinski definition) is 4. The Labute approximate surface area is 112 Å². The number of ether oxygens (including phenoxy) is 1. The van der Waals surface area contributed by atoms with Gasteiger partial charge in [-0.15, -0.1) is 0 Å². The molecule has 0 aromatic carbocycles. The van der Waals surface area contributed by atoms with E-state index in [0.717, 1.165) is 0 Å². The van der Waals surface area contributed by atoms with Crippen LogP contribution in [0, 0.1) is 0 Å². The first-order chi connectivity index (χ1) is 8.74. The Balaban J connectivity index is 4.00. The van der Waals surface area contributed by atoms with Crippen LogP contribution in [0.2, 0.25) is 0 Å². The molecule has 19 heavy (non-hydrogen) atoms. The second-order valence-electron chi connectivity index (χ2n) is 4.74. The molecule has 0 aliphatic rings. The maximum absolute atomic E-state index is 11.3. The number of amides is 3. The Morgan fingerprint density at radius 2 is 1.79 bits per heavy atom. The van der Waals surface area contributed by atoms with E-state index in [2.05, 4.69) is 15.4 Å². The molecule has 0 radical (unpaired) electrons. The molecular weight excluding hydrogens is 248 g/mol. The van der Waals surface area contributed by atoms with Gasteiger partial charge in [0, 0.05) is 11.6 Å². The average molecular weight is 268 g/mol. The number of hydrogen-bond donors (Lipinski definition) is 2. The van der Waals surface area contributed by atoms with Gasteiger partial charge in [-0.1, -0.05) is 18.2 Å². The van der Waals surface area contributed by atoms with Gasteiger partial charge in [-0.05, 0) is 27.7 Å². The number of nitrogens with one attached hydrogen (secondary N) is 2. The Bertz CT molecular complexity index is 392. The Hall–Kier alpha value is -2.11. The highest BCUT2D eigenvalue weighted by molar-refractivity contribution is 5.96. The van der Waals surface area contributed by atoms with Crippen LogP contribution in [0.5, 0.6) is 0 Å². The Morgan fingerprint density at radius 3 is 2.32 bits per heavy atom. The normalized spacial score (nSPS) is 11.6. The van der Waals surface area contributed by atoms with Gasteiger partial charge in [-0.3, -0.25) is 10.1 Å². The number of carbonyl (C=O) groups excluding carboxylic acids is 3. The highest BCUT2D eigenvalue weighted by Gasteiger charge is 2.16. The summed E-state index contributed by atoms with van der Waals surface area (Å²) in [6.45, 7) is 6.64. The van der Waals surface area contributed by atoms with Crippen molar-refractivity contribution >= 4 is 17.9 Å². The lowest BCUT2D eigenvalue weighted by Gasteiger charge is -2.20. The summed E-state index contributed by atoms with van der Waals surface area (Å²) >= 11 is 0. The molecule has 0 heterocycles. The molecule has 0 aromatic rings. The van der Waals surface area contributed by atoms with Crippen molar-refractivity contribution in [1.29, 1.82) is 0 Å². The van der Waals surface area contributed by atoms with E-state index in [0.29, 0.717) is 0 Å². The van der Waals surface area contributed by atoms with E-state index < -0.39 is 30.1 Å². The molecule has 0 aliphatic heterocycles. The van der Waals surface area contributed by atoms with E-state index in [4.69, 9.17) is 0 Å². The number of carbonyl (C=O) groups is 3. The lowest BCUT2D eigenvalue weighted by molar-refractivity contribution is -0.143. The van der Waals surface area contributed by atoms with Gasteiger partial charge >= 0.3 is 12.0 Å². The first-order valence-corrected chi connectivity index (χ1v) is 5.82. The van der Waals surface area contributed by atoms with Crippen LogP contribution in [-0.2, 0) is 14.3 Å². The summed E-state index contributed by atoms with van der Waals surface area (Å²) in [6, 6.07) is -0.627. The van der Waals surface area contributed by atoms with Crippen LogP contribution in [0.3, 0.4) is 0 Å². The molecule has 106 valence electrons. The fourth-order valence-electron chi connectivity index (χ4n) is 0.965. The van der Waals surface area contributed by atoms with Crippen molar-refractivity contribution in [3.8, 4) is 0 Å². The minimum Gasteiger partial charge on any atom is -0.452 e. The molecule has 0 fully saturated rings. The topological polar surface area (TPSA) is 84.5 Å². The van der Waals surface area contributed by atoms with Crippen molar-refractivity contribution in [3.63, 3.8) is 0 Å². The molecule has 0 saturated heterocycles. The van der Waals surface area contributed by atoms with Crippen LogP contribution in [0.4, 0.5) is 4.79 Å². The van der Waals surface area contributed by atoms with E-state index >= 15 is 0 Å². The van der Waals surface area contributed by atoms with Crippen molar-refractivity contribution in [2.45, 2.75) is 33.2 Å². The molecule has 0 bridgehead atoms. The number of allylic oxidation sites excluding steroid dienone is 3. The maximum atomic E-state index is 11.3. The van der Waals surface area contributed by atoms with E-state index in [1.807, 2.05) is 0 Å². The van der Waals surface area contributed by atoms with Crippen molar-refractivity contribution in [2.24, 2.45) is 0 Å². The van der Waals surface area contributed by atoms with Crippen LogP contribution in [0.1, 0.15) is 27.7 Å². The molecule has 3 amide bonds. The Morgan fingerprint density at radius 1 is 1.16 bits per heavy atom. The summed E-state index contributed by atoms with van der Waals surface area (Å²) < 4.78 is 4.63. The van der Waals surface area contributed by atoms with E-state index in [1.54, 1.807) is 39.8 Å². The minimum atomic E-state index is -0.686. The number of esters is 1. The summed E-state index contributed by atoms with van der Waals surface area (Å²) in [4.78, 5) is 33.7. The molecule has 0 rings (SSSR count). The fourth-order valence-corrected chi connectivity index (χ4v) is 0.965. The molecular formula is C13H20N2O4. The van der Waals surface area contributed by atoms with Crippen molar-refractivity contribution in [2.75, 3.05) is 6.61 Å². The molecule has 0 unspecified atom stereocenters. The molecule has 6 heteroatoms. The van der Waals surface area contributed by atoms with Gasteiger partial charge in [-0.2, -0.15) is 0 Å². The predicted molar refractivity (Wildman–Crippen MR) is 71.3 cm³/mol. The van der Waals surface area contributed by atoms with Gasteiger partial charge in [0.1, 0.15) is 0 Å². The highest BCUT2D eigenvalue weighted by atomic mass is 16.5. The summed E-state index contributed by atoms with van der Waals surface area (Å²) in [7, 11) is 0. The largest absolute Gasteiger partial charge is 0.452 e. The first kappa shape index (κ1) is 16.9. The van der Waals surface area contributed by atoms with Crippen molar-refractivity contribution in [1.82, 2.24) is 10.6 Å². The molecule has 0 atom stereocenters.